The molecule has 0 radical (unpaired) electrons. The zero-order valence-electron chi connectivity index (χ0n) is 15.4. The Morgan fingerprint density at radius 1 is 1.12 bits per heavy atom. The van der Waals surface area contributed by atoms with Gasteiger partial charge in [-0.1, -0.05) is 25.5 Å². The molecule has 0 aliphatic heterocycles. The van der Waals surface area contributed by atoms with Crippen LogP contribution in [0.3, 0.4) is 0 Å². The maximum Gasteiger partial charge on any atom is 0.0601 e. The predicted molar refractivity (Wildman–Crippen MR) is 94.3 cm³/mol. The highest BCUT2D eigenvalue weighted by atomic mass is 16.3. The predicted octanol–water partition coefficient (Wildman–Crippen LogP) is 3.28. The maximum absolute atomic E-state index is 10.7. The van der Waals surface area contributed by atoms with Crippen molar-refractivity contribution in [3.05, 3.63) is 11.6 Å². The summed E-state index contributed by atoms with van der Waals surface area (Å²) in [4.78, 5) is 0. The Labute approximate surface area is 146 Å². The zero-order valence-corrected chi connectivity index (χ0v) is 15.4. The van der Waals surface area contributed by atoms with E-state index in [1.165, 1.54) is 12.0 Å². The molecule has 4 aliphatic rings. The first kappa shape index (κ1) is 17.1. The van der Waals surface area contributed by atoms with Gasteiger partial charge in [-0.25, -0.2) is 0 Å². The molecule has 4 rings (SSSR count). The molecular formula is C21H34O3. The number of allylic oxidation sites excluding steroid dienone is 1. The molecule has 0 aromatic heterocycles. The van der Waals surface area contributed by atoms with Crippen LogP contribution in [0.15, 0.2) is 11.6 Å². The van der Waals surface area contributed by atoms with Gasteiger partial charge >= 0.3 is 0 Å². The summed E-state index contributed by atoms with van der Waals surface area (Å²) in [7, 11) is 0. The highest BCUT2D eigenvalue weighted by molar-refractivity contribution is 5.25. The van der Waals surface area contributed by atoms with Crippen LogP contribution in [-0.2, 0) is 0 Å². The molecule has 0 spiro atoms. The van der Waals surface area contributed by atoms with Crippen LogP contribution in [0.1, 0.15) is 65.7 Å². The molecule has 24 heavy (non-hydrogen) atoms. The molecule has 0 bridgehead atoms. The molecule has 3 N–H and O–H groups in total. The third-order valence-corrected chi connectivity index (χ3v) is 8.71. The van der Waals surface area contributed by atoms with Crippen LogP contribution < -0.4 is 0 Å². The minimum Gasteiger partial charge on any atom is -0.393 e. The second-order valence-electron chi connectivity index (χ2n) is 9.77. The third-order valence-electron chi connectivity index (χ3n) is 8.71. The Balaban J connectivity index is 1.67. The lowest BCUT2D eigenvalue weighted by molar-refractivity contribution is -0.0761. The summed E-state index contributed by atoms with van der Waals surface area (Å²) in [6.07, 6.45) is 8.67. The highest BCUT2D eigenvalue weighted by Gasteiger charge is 2.61. The second kappa shape index (κ2) is 5.56. The number of fused-ring (bicyclic) bond motifs is 5. The summed E-state index contributed by atoms with van der Waals surface area (Å²) in [6, 6.07) is 0. The Hall–Kier alpha value is -0.380. The van der Waals surface area contributed by atoms with E-state index in [9.17, 15) is 15.3 Å². The van der Waals surface area contributed by atoms with Crippen molar-refractivity contribution in [3.8, 4) is 0 Å². The van der Waals surface area contributed by atoms with Gasteiger partial charge in [0.25, 0.3) is 0 Å². The van der Waals surface area contributed by atoms with Crippen LogP contribution in [0.4, 0.5) is 0 Å². The molecule has 0 saturated heterocycles. The van der Waals surface area contributed by atoms with Gasteiger partial charge in [-0.3, -0.25) is 0 Å². The van der Waals surface area contributed by atoms with Crippen LogP contribution in [0.25, 0.3) is 0 Å². The summed E-state index contributed by atoms with van der Waals surface area (Å²) in [5, 5.41) is 31.0. The SMILES string of the molecule is C[C@H](O)[C@@H]1[C@H](O)C[C@@H]2[C@@H]3CC=C4C[C@H](O)CC[C@]4(C)[C@H]3CC[C@@]12C. The lowest BCUT2D eigenvalue weighted by Gasteiger charge is -2.58. The number of aliphatic hydroxyl groups excluding tert-OH is 3. The summed E-state index contributed by atoms with van der Waals surface area (Å²) in [5.74, 6) is 1.86. The van der Waals surface area contributed by atoms with E-state index >= 15 is 0 Å². The lowest BCUT2D eigenvalue weighted by atomic mass is 9.47. The van der Waals surface area contributed by atoms with Crippen molar-refractivity contribution in [2.24, 2.45) is 34.5 Å². The normalized spacial score (nSPS) is 55.2. The minimum atomic E-state index is -0.429. The van der Waals surface area contributed by atoms with Crippen LogP contribution in [0.2, 0.25) is 0 Å². The van der Waals surface area contributed by atoms with Crippen molar-refractivity contribution in [3.63, 3.8) is 0 Å². The molecule has 136 valence electrons. The van der Waals surface area contributed by atoms with Gasteiger partial charge in [0, 0.05) is 5.92 Å². The first-order chi connectivity index (χ1) is 11.3. The van der Waals surface area contributed by atoms with Gasteiger partial charge in [0.2, 0.25) is 0 Å². The fraction of sp³-hybridized carbons (Fsp3) is 0.905. The Kier molecular flexibility index (Phi) is 3.95. The first-order valence-corrected chi connectivity index (χ1v) is 10.0. The van der Waals surface area contributed by atoms with E-state index in [0.717, 1.165) is 38.5 Å². The smallest absolute Gasteiger partial charge is 0.0601 e. The van der Waals surface area contributed by atoms with Gasteiger partial charge in [0.15, 0.2) is 0 Å². The topological polar surface area (TPSA) is 60.7 Å². The van der Waals surface area contributed by atoms with Crippen molar-refractivity contribution in [1.82, 2.24) is 0 Å². The van der Waals surface area contributed by atoms with Crippen LogP contribution in [0, 0.1) is 34.5 Å². The third kappa shape index (κ3) is 2.20. The molecule has 0 aromatic carbocycles. The monoisotopic (exact) mass is 334 g/mol. The molecule has 0 heterocycles. The molecule has 3 heteroatoms. The molecule has 0 aromatic rings. The summed E-state index contributed by atoms with van der Waals surface area (Å²) in [5.41, 5.74) is 1.82. The Morgan fingerprint density at radius 2 is 1.88 bits per heavy atom. The minimum absolute atomic E-state index is 0.0230. The van der Waals surface area contributed by atoms with Gasteiger partial charge in [-0.15, -0.1) is 0 Å². The van der Waals surface area contributed by atoms with Crippen molar-refractivity contribution in [2.45, 2.75) is 84.0 Å². The highest BCUT2D eigenvalue weighted by Crippen LogP contribution is 2.66. The molecule has 0 amide bonds. The van der Waals surface area contributed by atoms with Crippen molar-refractivity contribution < 1.29 is 15.3 Å². The van der Waals surface area contributed by atoms with E-state index in [0.29, 0.717) is 17.8 Å². The van der Waals surface area contributed by atoms with E-state index < -0.39 is 6.10 Å². The van der Waals surface area contributed by atoms with E-state index in [-0.39, 0.29) is 29.0 Å². The fourth-order valence-electron chi connectivity index (χ4n) is 7.57. The summed E-state index contributed by atoms with van der Waals surface area (Å²) < 4.78 is 0. The molecule has 3 fully saturated rings. The van der Waals surface area contributed by atoms with Crippen LogP contribution in [-0.4, -0.2) is 33.6 Å². The average molecular weight is 335 g/mol. The fourth-order valence-corrected chi connectivity index (χ4v) is 7.57. The Morgan fingerprint density at radius 3 is 2.58 bits per heavy atom. The van der Waals surface area contributed by atoms with Gasteiger partial charge in [-0.05, 0) is 80.5 Å². The zero-order chi connectivity index (χ0) is 17.3. The molecule has 0 unspecified atom stereocenters. The van der Waals surface area contributed by atoms with E-state index in [2.05, 4.69) is 19.9 Å². The lowest BCUT2D eigenvalue weighted by Crippen LogP contribution is -2.51. The van der Waals surface area contributed by atoms with Crippen molar-refractivity contribution in [2.75, 3.05) is 0 Å². The number of rotatable bonds is 1. The van der Waals surface area contributed by atoms with Gasteiger partial charge < -0.3 is 15.3 Å². The number of hydrogen-bond acceptors (Lipinski definition) is 3. The summed E-state index contributed by atoms with van der Waals surface area (Å²) in [6.45, 7) is 6.62. The van der Waals surface area contributed by atoms with E-state index in [1.807, 2.05) is 6.92 Å². The van der Waals surface area contributed by atoms with Crippen LogP contribution in [0.5, 0.6) is 0 Å². The number of aliphatic hydroxyl groups is 3. The van der Waals surface area contributed by atoms with Crippen LogP contribution >= 0.6 is 0 Å². The van der Waals surface area contributed by atoms with E-state index in [1.54, 1.807) is 0 Å². The molecule has 9 atom stereocenters. The molecule has 3 nitrogen and oxygen atoms in total. The molecule has 4 aliphatic carbocycles. The van der Waals surface area contributed by atoms with Gasteiger partial charge in [0.1, 0.15) is 0 Å². The average Bonchev–Trinajstić information content (AvgIpc) is 2.78. The standard InChI is InChI=1S/C21H34O3/c1-12(22)19-18(24)11-17-15-5-4-13-10-14(23)6-8-20(13,2)16(15)7-9-21(17,19)3/h4,12,14-19,22-24H,5-11H2,1-3H3/t12-,14+,15+,16-,17+,18+,19+,20-,21+/m0/s1. The van der Waals surface area contributed by atoms with E-state index in [4.69, 9.17) is 0 Å². The van der Waals surface area contributed by atoms with Gasteiger partial charge in [0.05, 0.1) is 18.3 Å². The summed E-state index contributed by atoms with van der Waals surface area (Å²) >= 11 is 0. The first-order valence-electron chi connectivity index (χ1n) is 10.0. The van der Waals surface area contributed by atoms with Gasteiger partial charge in [-0.2, -0.15) is 0 Å². The van der Waals surface area contributed by atoms with Crippen molar-refractivity contribution in [1.29, 1.82) is 0 Å². The second-order valence-corrected chi connectivity index (χ2v) is 9.77. The molecule has 3 saturated carbocycles. The quantitative estimate of drug-likeness (QED) is 0.645. The number of hydrogen-bond donors (Lipinski definition) is 3. The van der Waals surface area contributed by atoms with Crippen molar-refractivity contribution >= 4 is 0 Å². The Bertz CT molecular complexity index is 541. The largest absolute Gasteiger partial charge is 0.393 e. The maximum atomic E-state index is 10.7. The molecular weight excluding hydrogens is 300 g/mol.